The van der Waals surface area contributed by atoms with Crippen molar-refractivity contribution in [3.63, 3.8) is 0 Å². The zero-order valence-corrected chi connectivity index (χ0v) is 11.6. The van der Waals surface area contributed by atoms with Crippen molar-refractivity contribution in [2.24, 2.45) is 0 Å². The molecule has 1 N–H and O–H groups in total. The number of nitrogens with one attached hydrogen (secondary N) is 1. The molecule has 0 radical (unpaired) electrons. The molecule has 0 aliphatic rings. The average molecular weight is 269 g/mol. The van der Waals surface area contributed by atoms with Gasteiger partial charge in [-0.05, 0) is 24.6 Å². The van der Waals surface area contributed by atoms with Gasteiger partial charge >= 0.3 is 5.97 Å². The highest BCUT2D eigenvalue weighted by Gasteiger charge is 2.04. The number of benzene rings is 2. The number of aryl methyl sites for hydroxylation is 1. The molecule has 0 aromatic heterocycles. The number of carbonyl (C=O) groups excluding carboxylic acids is 1. The van der Waals surface area contributed by atoms with Gasteiger partial charge in [0.15, 0.2) is 0 Å². The van der Waals surface area contributed by atoms with Gasteiger partial charge in [-0.3, -0.25) is 0 Å². The zero-order chi connectivity index (χ0) is 14.2. The molecule has 0 heterocycles. The fraction of sp³-hybridized carbons (Fsp3) is 0.235. The third-order valence-electron chi connectivity index (χ3n) is 2.93. The summed E-state index contributed by atoms with van der Waals surface area (Å²) in [5.74, 6) is -0.275. The Bertz CT molecular complexity index is 552. The summed E-state index contributed by atoms with van der Waals surface area (Å²) in [7, 11) is 0. The normalized spacial score (nSPS) is 10.2. The van der Waals surface area contributed by atoms with Crippen molar-refractivity contribution in [1.82, 2.24) is 5.32 Å². The summed E-state index contributed by atoms with van der Waals surface area (Å²) < 4.78 is 5.19. The smallest absolute Gasteiger partial charge is 0.338 e. The summed E-state index contributed by atoms with van der Waals surface area (Å²) in [6.07, 6.45) is 0. The van der Waals surface area contributed by atoms with Gasteiger partial charge in [-0.25, -0.2) is 4.79 Å². The van der Waals surface area contributed by atoms with Crippen molar-refractivity contribution >= 4 is 5.97 Å². The van der Waals surface area contributed by atoms with E-state index >= 15 is 0 Å². The first-order chi connectivity index (χ1) is 9.75. The van der Waals surface area contributed by atoms with Crippen LogP contribution < -0.4 is 5.32 Å². The third kappa shape index (κ3) is 4.52. The van der Waals surface area contributed by atoms with Gasteiger partial charge in [0.2, 0.25) is 0 Å². The minimum Gasteiger partial charge on any atom is -0.461 e. The maximum Gasteiger partial charge on any atom is 0.338 e. The summed E-state index contributed by atoms with van der Waals surface area (Å²) in [6.45, 7) is 3.88. The van der Waals surface area contributed by atoms with Crippen molar-refractivity contribution in [3.8, 4) is 0 Å². The van der Waals surface area contributed by atoms with Gasteiger partial charge in [0.25, 0.3) is 0 Å². The maximum atomic E-state index is 11.7. The minimum atomic E-state index is -0.275. The molecule has 0 aliphatic carbocycles. The van der Waals surface area contributed by atoms with E-state index in [2.05, 4.69) is 30.4 Å². The molecule has 0 aliphatic heterocycles. The fourth-order valence-electron chi connectivity index (χ4n) is 1.93. The standard InChI is InChI=1S/C17H19NO2/c1-14-6-5-7-15(12-14)13-18-10-11-20-17(19)16-8-3-2-4-9-16/h2-9,12,18H,10-11,13H2,1H3. The van der Waals surface area contributed by atoms with E-state index in [9.17, 15) is 4.79 Å². The van der Waals surface area contributed by atoms with Crippen molar-refractivity contribution in [2.45, 2.75) is 13.5 Å². The predicted octanol–water partition coefficient (Wildman–Crippen LogP) is 2.94. The lowest BCUT2D eigenvalue weighted by Gasteiger charge is -2.07. The first-order valence-corrected chi connectivity index (χ1v) is 6.74. The van der Waals surface area contributed by atoms with E-state index in [1.54, 1.807) is 12.1 Å². The number of esters is 1. The van der Waals surface area contributed by atoms with Crippen LogP contribution in [0.15, 0.2) is 54.6 Å². The molecule has 0 amide bonds. The van der Waals surface area contributed by atoms with Crippen LogP contribution in [0.1, 0.15) is 21.5 Å². The molecule has 0 saturated heterocycles. The molecule has 0 fully saturated rings. The highest BCUT2D eigenvalue weighted by molar-refractivity contribution is 5.89. The van der Waals surface area contributed by atoms with Crippen molar-refractivity contribution in [1.29, 1.82) is 0 Å². The first kappa shape index (κ1) is 14.3. The van der Waals surface area contributed by atoms with E-state index in [4.69, 9.17) is 4.74 Å². The van der Waals surface area contributed by atoms with E-state index in [1.165, 1.54) is 11.1 Å². The monoisotopic (exact) mass is 269 g/mol. The number of hydrogen-bond acceptors (Lipinski definition) is 3. The summed E-state index contributed by atoms with van der Waals surface area (Å²) in [6, 6.07) is 17.4. The second-order valence-electron chi connectivity index (χ2n) is 4.67. The van der Waals surface area contributed by atoms with E-state index in [-0.39, 0.29) is 5.97 Å². The van der Waals surface area contributed by atoms with Crippen LogP contribution in [0.3, 0.4) is 0 Å². The summed E-state index contributed by atoms with van der Waals surface area (Å²) in [5.41, 5.74) is 3.07. The van der Waals surface area contributed by atoms with Crippen LogP contribution in [0.5, 0.6) is 0 Å². The van der Waals surface area contributed by atoms with Gasteiger partial charge in [0.1, 0.15) is 6.61 Å². The third-order valence-corrected chi connectivity index (χ3v) is 2.93. The van der Waals surface area contributed by atoms with Gasteiger partial charge in [0.05, 0.1) is 5.56 Å². The Morgan fingerprint density at radius 3 is 2.65 bits per heavy atom. The number of ether oxygens (including phenoxy) is 1. The second kappa shape index (κ2) is 7.46. The molecular weight excluding hydrogens is 250 g/mol. The Kier molecular flexibility index (Phi) is 5.33. The average Bonchev–Trinajstić information content (AvgIpc) is 2.48. The molecule has 0 saturated carbocycles. The maximum absolute atomic E-state index is 11.7. The number of carbonyl (C=O) groups is 1. The van der Waals surface area contributed by atoms with Gasteiger partial charge in [0, 0.05) is 13.1 Å². The molecule has 2 aromatic rings. The number of rotatable bonds is 6. The van der Waals surface area contributed by atoms with Crippen molar-refractivity contribution in [3.05, 3.63) is 71.3 Å². The van der Waals surface area contributed by atoms with Gasteiger partial charge in [-0.2, -0.15) is 0 Å². The fourth-order valence-corrected chi connectivity index (χ4v) is 1.93. The SMILES string of the molecule is Cc1cccc(CNCCOC(=O)c2ccccc2)c1. The lowest BCUT2D eigenvalue weighted by atomic mass is 10.1. The molecule has 0 spiro atoms. The Morgan fingerprint density at radius 1 is 1.10 bits per heavy atom. The molecule has 104 valence electrons. The molecule has 0 bridgehead atoms. The minimum absolute atomic E-state index is 0.275. The number of hydrogen-bond donors (Lipinski definition) is 1. The zero-order valence-electron chi connectivity index (χ0n) is 11.6. The second-order valence-corrected chi connectivity index (χ2v) is 4.67. The Hall–Kier alpha value is -2.13. The summed E-state index contributed by atoms with van der Waals surface area (Å²) in [4.78, 5) is 11.7. The Morgan fingerprint density at radius 2 is 1.90 bits per heavy atom. The molecule has 3 heteroatoms. The quantitative estimate of drug-likeness (QED) is 0.647. The van der Waals surface area contributed by atoms with Crippen LogP contribution in [0, 0.1) is 6.92 Å². The lowest BCUT2D eigenvalue weighted by molar-refractivity contribution is 0.0508. The highest BCUT2D eigenvalue weighted by atomic mass is 16.5. The predicted molar refractivity (Wildman–Crippen MR) is 79.6 cm³/mol. The van der Waals surface area contributed by atoms with Crippen LogP contribution >= 0.6 is 0 Å². The topological polar surface area (TPSA) is 38.3 Å². The Labute approximate surface area is 119 Å². The van der Waals surface area contributed by atoms with Crippen LogP contribution in [0.4, 0.5) is 0 Å². The first-order valence-electron chi connectivity index (χ1n) is 6.74. The van der Waals surface area contributed by atoms with E-state index < -0.39 is 0 Å². The Balaban J connectivity index is 1.66. The lowest BCUT2D eigenvalue weighted by Crippen LogP contribution is -2.21. The largest absolute Gasteiger partial charge is 0.461 e. The van der Waals surface area contributed by atoms with Crippen molar-refractivity contribution in [2.75, 3.05) is 13.2 Å². The van der Waals surface area contributed by atoms with Crippen molar-refractivity contribution < 1.29 is 9.53 Å². The summed E-state index contributed by atoms with van der Waals surface area (Å²) in [5, 5.41) is 3.26. The van der Waals surface area contributed by atoms with E-state index in [1.807, 2.05) is 24.3 Å². The molecule has 0 atom stereocenters. The molecule has 3 nitrogen and oxygen atoms in total. The van der Waals surface area contributed by atoms with Crippen LogP contribution in [0.25, 0.3) is 0 Å². The summed E-state index contributed by atoms with van der Waals surface area (Å²) >= 11 is 0. The van der Waals surface area contributed by atoms with Crippen LogP contribution in [-0.2, 0) is 11.3 Å². The molecule has 20 heavy (non-hydrogen) atoms. The molecule has 2 aromatic carbocycles. The van der Waals surface area contributed by atoms with E-state index in [0.29, 0.717) is 18.7 Å². The highest BCUT2D eigenvalue weighted by Crippen LogP contribution is 2.03. The van der Waals surface area contributed by atoms with Gasteiger partial charge in [-0.15, -0.1) is 0 Å². The molecular formula is C17H19NO2. The van der Waals surface area contributed by atoms with Crippen LogP contribution in [0.2, 0.25) is 0 Å². The van der Waals surface area contributed by atoms with Crippen LogP contribution in [-0.4, -0.2) is 19.1 Å². The molecule has 0 unspecified atom stereocenters. The molecule has 2 rings (SSSR count). The van der Waals surface area contributed by atoms with Gasteiger partial charge in [-0.1, -0.05) is 48.0 Å². The van der Waals surface area contributed by atoms with Gasteiger partial charge < -0.3 is 10.1 Å². The van der Waals surface area contributed by atoms with E-state index in [0.717, 1.165) is 6.54 Å².